The maximum absolute atomic E-state index is 11.7. The molecule has 0 bridgehead atoms. The van der Waals surface area contributed by atoms with E-state index >= 15 is 0 Å². The number of hydrazone groups is 1. The van der Waals surface area contributed by atoms with E-state index in [1.165, 1.54) is 16.9 Å². The fraction of sp³-hybridized carbons (Fsp3) is 0.200. The lowest BCUT2D eigenvalue weighted by atomic mass is 10.1. The second-order valence-corrected chi connectivity index (χ2v) is 5.11. The lowest BCUT2D eigenvalue weighted by Gasteiger charge is -2.03. The van der Waals surface area contributed by atoms with E-state index in [0.29, 0.717) is 4.88 Å². The van der Waals surface area contributed by atoms with Gasteiger partial charge in [-0.15, -0.1) is 11.3 Å². The molecular weight excluding hydrogens is 256 g/mol. The molecule has 1 N–H and O–H groups in total. The van der Waals surface area contributed by atoms with E-state index in [1.807, 2.05) is 30.5 Å². The van der Waals surface area contributed by atoms with Crippen molar-refractivity contribution in [3.63, 3.8) is 0 Å². The van der Waals surface area contributed by atoms with Gasteiger partial charge < -0.3 is 0 Å². The summed E-state index contributed by atoms with van der Waals surface area (Å²) in [5, 5.41) is 6.00. The molecule has 98 valence electrons. The number of thiophene rings is 1. The van der Waals surface area contributed by atoms with Crippen LogP contribution in [0.4, 0.5) is 0 Å². The lowest BCUT2D eigenvalue weighted by Crippen LogP contribution is -2.18. The zero-order valence-electron chi connectivity index (χ0n) is 11.0. The summed E-state index contributed by atoms with van der Waals surface area (Å²) in [7, 11) is 0. The Labute approximate surface area is 117 Å². The molecule has 1 heterocycles. The van der Waals surface area contributed by atoms with E-state index in [-0.39, 0.29) is 5.91 Å². The van der Waals surface area contributed by atoms with E-state index < -0.39 is 0 Å². The Balaban J connectivity index is 2.04. The number of nitrogens with zero attached hydrogens (tertiary/aromatic N) is 1. The second kappa shape index (κ2) is 6.29. The predicted octanol–water partition coefficient (Wildman–Crippen LogP) is 3.46. The number of carbonyl (C=O) groups is 1. The molecule has 2 aromatic rings. The number of rotatable bonds is 4. The van der Waals surface area contributed by atoms with E-state index in [9.17, 15) is 4.79 Å². The Bertz CT molecular complexity index is 571. The van der Waals surface area contributed by atoms with Gasteiger partial charge in [-0.2, -0.15) is 5.10 Å². The predicted molar refractivity (Wildman–Crippen MR) is 79.8 cm³/mol. The van der Waals surface area contributed by atoms with Crippen LogP contribution >= 0.6 is 11.3 Å². The maximum atomic E-state index is 11.7. The summed E-state index contributed by atoms with van der Waals surface area (Å²) in [6, 6.07) is 11.8. The van der Waals surface area contributed by atoms with Crippen molar-refractivity contribution in [1.82, 2.24) is 5.43 Å². The third-order valence-corrected chi connectivity index (χ3v) is 3.72. The molecule has 1 aromatic heterocycles. The van der Waals surface area contributed by atoms with Crippen LogP contribution in [0.1, 0.15) is 34.6 Å². The highest BCUT2D eigenvalue weighted by molar-refractivity contribution is 7.12. The highest BCUT2D eigenvalue weighted by Crippen LogP contribution is 2.08. The van der Waals surface area contributed by atoms with Crippen molar-refractivity contribution in [1.29, 1.82) is 0 Å². The summed E-state index contributed by atoms with van der Waals surface area (Å²) >= 11 is 1.40. The molecular formula is C15H16N2OS. The first-order chi connectivity index (χ1) is 9.20. The van der Waals surface area contributed by atoms with E-state index in [4.69, 9.17) is 0 Å². The molecule has 0 radical (unpaired) electrons. The minimum absolute atomic E-state index is 0.167. The smallest absolute Gasteiger partial charge is 0.266 e. The summed E-state index contributed by atoms with van der Waals surface area (Å²) in [6.07, 6.45) is 1.02. The first-order valence-corrected chi connectivity index (χ1v) is 7.06. The van der Waals surface area contributed by atoms with Gasteiger partial charge in [0.1, 0.15) is 0 Å². The number of nitrogens with one attached hydrogen (secondary N) is 1. The number of benzene rings is 1. The summed E-state index contributed by atoms with van der Waals surface area (Å²) in [4.78, 5) is 12.4. The molecule has 0 aliphatic heterocycles. The van der Waals surface area contributed by atoms with Gasteiger partial charge in [0, 0.05) is 0 Å². The Kier molecular flexibility index (Phi) is 4.47. The minimum atomic E-state index is -0.167. The number of carbonyl (C=O) groups excluding carboxylic acids is 1. The molecule has 0 atom stereocenters. The number of hydrogen-bond donors (Lipinski definition) is 1. The van der Waals surface area contributed by atoms with Crippen LogP contribution in [0.5, 0.6) is 0 Å². The Morgan fingerprint density at radius 2 is 2.00 bits per heavy atom. The molecule has 0 unspecified atom stereocenters. The van der Waals surface area contributed by atoms with Crippen molar-refractivity contribution >= 4 is 23.0 Å². The molecule has 3 nitrogen and oxygen atoms in total. The zero-order chi connectivity index (χ0) is 13.7. The Morgan fingerprint density at radius 3 is 2.58 bits per heavy atom. The van der Waals surface area contributed by atoms with Crippen molar-refractivity contribution < 1.29 is 4.79 Å². The molecule has 0 aliphatic rings. The molecule has 2 rings (SSSR count). The zero-order valence-corrected chi connectivity index (χ0v) is 11.8. The third-order valence-electron chi connectivity index (χ3n) is 2.85. The topological polar surface area (TPSA) is 41.5 Å². The molecule has 0 saturated heterocycles. The third kappa shape index (κ3) is 3.51. The van der Waals surface area contributed by atoms with Crippen LogP contribution < -0.4 is 5.43 Å². The highest BCUT2D eigenvalue weighted by Gasteiger charge is 2.05. The van der Waals surface area contributed by atoms with Crippen molar-refractivity contribution in [2.24, 2.45) is 5.10 Å². The van der Waals surface area contributed by atoms with Crippen LogP contribution in [0, 0.1) is 0 Å². The van der Waals surface area contributed by atoms with Gasteiger partial charge in [0.2, 0.25) is 0 Å². The van der Waals surface area contributed by atoms with Crippen LogP contribution in [0.15, 0.2) is 46.9 Å². The van der Waals surface area contributed by atoms with Crippen LogP contribution in [0.3, 0.4) is 0 Å². The summed E-state index contributed by atoms with van der Waals surface area (Å²) in [6.45, 7) is 4.01. The fourth-order valence-electron chi connectivity index (χ4n) is 1.64. The molecule has 4 heteroatoms. The lowest BCUT2D eigenvalue weighted by molar-refractivity contribution is 0.0959. The van der Waals surface area contributed by atoms with Crippen LogP contribution in [-0.2, 0) is 6.42 Å². The Morgan fingerprint density at radius 1 is 1.26 bits per heavy atom. The van der Waals surface area contributed by atoms with Crippen molar-refractivity contribution in [2.75, 3.05) is 0 Å². The average Bonchev–Trinajstić information content (AvgIpc) is 2.98. The van der Waals surface area contributed by atoms with Gasteiger partial charge in [0.05, 0.1) is 10.6 Å². The molecule has 0 spiro atoms. The minimum Gasteiger partial charge on any atom is -0.266 e. The van der Waals surface area contributed by atoms with Crippen molar-refractivity contribution in [3.05, 3.63) is 57.8 Å². The molecule has 0 fully saturated rings. The highest BCUT2D eigenvalue weighted by atomic mass is 32.1. The second-order valence-electron chi connectivity index (χ2n) is 4.17. The standard InChI is InChI=1S/C15H16N2OS/c1-3-12-6-8-13(9-7-12)11(2)16-17-15(18)14-5-4-10-19-14/h4-10H,3H2,1-2H3,(H,17,18). The fourth-order valence-corrected chi connectivity index (χ4v) is 2.26. The van der Waals surface area contributed by atoms with Crippen molar-refractivity contribution in [2.45, 2.75) is 20.3 Å². The van der Waals surface area contributed by atoms with Crippen molar-refractivity contribution in [3.8, 4) is 0 Å². The first-order valence-electron chi connectivity index (χ1n) is 6.18. The number of hydrogen-bond acceptors (Lipinski definition) is 3. The average molecular weight is 272 g/mol. The summed E-state index contributed by atoms with van der Waals surface area (Å²) < 4.78 is 0. The largest absolute Gasteiger partial charge is 0.281 e. The van der Waals surface area contributed by atoms with Crippen LogP contribution in [0.2, 0.25) is 0 Å². The monoisotopic (exact) mass is 272 g/mol. The molecule has 0 aliphatic carbocycles. The number of amides is 1. The van der Waals surface area contributed by atoms with Gasteiger partial charge in [-0.1, -0.05) is 37.3 Å². The summed E-state index contributed by atoms with van der Waals surface area (Å²) in [5.41, 5.74) is 5.68. The van der Waals surface area contributed by atoms with Crippen LogP contribution in [0.25, 0.3) is 0 Å². The summed E-state index contributed by atoms with van der Waals surface area (Å²) in [5.74, 6) is -0.167. The number of aryl methyl sites for hydroxylation is 1. The molecule has 1 aromatic carbocycles. The van der Waals surface area contributed by atoms with Gasteiger partial charge in [-0.3, -0.25) is 4.79 Å². The molecule has 19 heavy (non-hydrogen) atoms. The van der Waals surface area contributed by atoms with E-state index in [0.717, 1.165) is 17.7 Å². The quantitative estimate of drug-likeness (QED) is 0.672. The van der Waals surface area contributed by atoms with E-state index in [1.54, 1.807) is 6.07 Å². The van der Waals surface area contributed by atoms with Gasteiger partial charge in [-0.05, 0) is 35.9 Å². The molecule has 0 saturated carbocycles. The van der Waals surface area contributed by atoms with Gasteiger partial charge >= 0.3 is 0 Å². The Hall–Kier alpha value is -1.94. The first kappa shape index (κ1) is 13.5. The molecule has 1 amide bonds. The van der Waals surface area contributed by atoms with Gasteiger partial charge in [0.25, 0.3) is 5.91 Å². The van der Waals surface area contributed by atoms with E-state index in [2.05, 4.69) is 29.6 Å². The van der Waals surface area contributed by atoms with Gasteiger partial charge in [0.15, 0.2) is 0 Å². The SMILES string of the molecule is CCc1ccc(C(C)=NNC(=O)c2cccs2)cc1. The maximum Gasteiger partial charge on any atom is 0.281 e. The normalized spacial score (nSPS) is 11.4. The van der Waals surface area contributed by atoms with Gasteiger partial charge in [-0.25, -0.2) is 5.43 Å². The van der Waals surface area contributed by atoms with Crippen LogP contribution in [-0.4, -0.2) is 11.6 Å².